The van der Waals surface area contributed by atoms with Crippen molar-refractivity contribution in [3.8, 4) is 0 Å². The molecule has 0 saturated carbocycles. The number of hydrogen-bond acceptors (Lipinski definition) is 1. The van der Waals surface area contributed by atoms with E-state index in [-0.39, 0.29) is 0 Å². The van der Waals surface area contributed by atoms with E-state index in [1.807, 2.05) is 6.08 Å². The topological polar surface area (TPSA) is 3.24 Å². The van der Waals surface area contributed by atoms with Crippen molar-refractivity contribution in [2.24, 2.45) is 0 Å². The molecule has 0 unspecified atom stereocenters. The van der Waals surface area contributed by atoms with Crippen molar-refractivity contribution in [3.63, 3.8) is 0 Å². The maximum Gasteiger partial charge on any atom is 0.0350 e. The molecule has 0 aromatic rings. The Kier molecular flexibility index (Phi) is 4.67. The Morgan fingerprint density at radius 2 is 2.00 bits per heavy atom. The zero-order valence-corrected chi connectivity index (χ0v) is 8.15. The van der Waals surface area contributed by atoms with Gasteiger partial charge in [0.25, 0.3) is 0 Å². The molecule has 0 aliphatic carbocycles. The number of likely N-dealkylation sites (N-methyl/N-ethyl adjacent to an activating group) is 1. The standard InChI is InChI=1S/C10H19N/c1-6-8-11(5)10(7-2)9(3)4/h6H,1,7-8H2,2-5H3. The van der Waals surface area contributed by atoms with Crippen LogP contribution in [0.25, 0.3) is 0 Å². The van der Waals surface area contributed by atoms with E-state index in [0.717, 1.165) is 13.0 Å². The van der Waals surface area contributed by atoms with Gasteiger partial charge in [-0.15, -0.1) is 6.58 Å². The van der Waals surface area contributed by atoms with Crippen molar-refractivity contribution < 1.29 is 0 Å². The van der Waals surface area contributed by atoms with E-state index in [4.69, 9.17) is 0 Å². The minimum atomic E-state index is 0.939. The van der Waals surface area contributed by atoms with E-state index >= 15 is 0 Å². The minimum Gasteiger partial charge on any atom is -0.374 e. The number of hydrogen-bond donors (Lipinski definition) is 0. The molecule has 0 spiro atoms. The van der Waals surface area contributed by atoms with Gasteiger partial charge < -0.3 is 4.90 Å². The minimum absolute atomic E-state index is 0.939. The van der Waals surface area contributed by atoms with Gasteiger partial charge in [0.2, 0.25) is 0 Å². The molecule has 0 bridgehead atoms. The molecule has 0 rings (SSSR count). The van der Waals surface area contributed by atoms with Crippen LogP contribution in [0.4, 0.5) is 0 Å². The zero-order chi connectivity index (χ0) is 8.85. The highest BCUT2D eigenvalue weighted by Gasteiger charge is 2.00. The summed E-state index contributed by atoms with van der Waals surface area (Å²) in [5, 5.41) is 0. The summed E-state index contributed by atoms with van der Waals surface area (Å²) in [6, 6.07) is 0. The van der Waals surface area contributed by atoms with Crippen LogP contribution in [0.1, 0.15) is 27.2 Å². The molecule has 0 heterocycles. The third-order valence-corrected chi connectivity index (χ3v) is 1.78. The fraction of sp³-hybridized carbons (Fsp3) is 0.600. The van der Waals surface area contributed by atoms with E-state index < -0.39 is 0 Å². The summed E-state index contributed by atoms with van der Waals surface area (Å²) in [4.78, 5) is 2.24. The summed E-state index contributed by atoms with van der Waals surface area (Å²) < 4.78 is 0. The molecule has 0 atom stereocenters. The van der Waals surface area contributed by atoms with Crippen LogP contribution < -0.4 is 0 Å². The summed E-state index contributed by atoms with van der Waals surface area (Å²) in [6.07, 6.45) is 3.03. The van der Waals surface area contributed by atoms with Crippen LogP contribution in [-0.4, -0.2) is 18.5 Å². The highest BCUT2D eigenvalue weighted by Crippen LogP contribution is 2.11. The van der Waals surface area contributed by atoms with E-state index in [9.17, 15) is 0 Å². The van der Waals surface area contributed by atoms with Gasteiger partial charge in [-0.1, -0.05) is 18.6 Å². The fourth-order valence-electron chi connectivity index (χ4n) is 1.31. The summed E-state index contributed by atoms with van der Waals surface area (Å²) in [6.45, 7) is 11.1. The Morgan fingerprint density at radius 1 is 1.45 bits per heavy atom. The second kappa shape index (κ2) is 5.00. The first-order valence-electron chi connectivity index (χ1n) is 4.11. The van der Waals surface area contributed by atoms with E-state index in [1.165, 1.54) is 11.3 Å². The molecule has 1 nitrogen and oxygen atoms in total. The molecular weight excluding hydrogens is 134 g/mol. The van der Waals surface area contributed by atoms with Gasteiger partial charge in [-0.3, -0.25) is 0 Å². The van der Waals surface area contributed by atoms with Crippen molar-refractivity contribution in [2.75, 3.05) is 13.6 Å². The second-order valence-electron chi connectivity index (χ2n) is 2.97. The Hall–Kier alpha value is -0.720. The van der Waals surface area contributed by atoms with Gasteiger partial charge in [0.1, 0.15) is 0 Å². The van der Waals surface area contributed by atoms with Gasteiger partial charge in [0.05, 0.1) is 0 Å². The van der Waals surface area contributed by atoms with Crippen LogP contribution in [0.2, 0.25) is 0 Å². The van der Waals surface area contributed by atoms with Crippen LogP contribution in [-0.2, 0) is 0 Å². The van der Waals surface area contributed by atoms with Gasteiger partial charge in [-0.2, -0.15) is 0 Å². The highest BCUT2D eigenvalue weighted by molar-refractivity contribution is 5.08. The molecule has 1 heteroatoms. The van der Waals surface area contributed by atoms with Crippen molar-refractivity contribution in [1.29, 1.82) is 0 Å². The smallest absolute Gasteiger partial charge is 0.0350 e. The van der Waals surface area contributed by atoms with Crippen LogP contribution in [0.5, 0.6) is 0 Å². The van der Waals surface area contributed by atoms with Crippen molar-refractivity contribution in [2.45, 2.75) is 27.2 Å². The third kappa shape index (κ3) is 3.26. The molecule has 0 radical (unpaired) electrons. The largest absolute Gasteiger partial charge is 0.374 e. The van der Waals surface area contributed by atoms with Crippen LogP contribution >= 0.6 is 0 Å². The monoisotopic (exact) mass is 153 g/mol. The number of rotatable bonds is 4. The molecule has 0 aromatic carbocycles. The van der Waals surface area contributed by atoms with Gasteiger partial charge in [0.15, 0.2) is 0 Å². The molecule has 0 fully saturated rings. The molecule has 0 aliphatic heterocycles. The van der Waals surface area contributed by atoms with Gasteiger partial charge >= 0.3 is 0 Å². The fourth-order valence-corrected chi connectivity index (χ4v) is 1.31. The highest BCUT2D eigenvalue weighted by atomic mass is 15.1. The Balaban J connectivity index is 4.26. The third-order valence-electron chi connectivity index (χ3n) is 1.78. The molecule has 11 heavy (non-hydrogen) atoms. The molecular formula is C10H19N. The molecule has 0 N–H and O–H groups in total. The first kappa shape index (κ1) is 10.3. The zero-order valence-electron chi connectivity index (χ0n) is 8.15. The lowest BCUT2D eigenvalue weighted by molar-refractivity contribution is 0.444. The first-order valence-corrected chi connectivity index (χ1v) is 4.11. The normalized spacial score (nSPS) is 9.09. The second-order valence-corrected chi connectivity index (χ2v) is 2.97. The Labute approximate surface area is 70.4 Å². The average Bonchev–Trinajstić information content (AvgIpc) is 1.88. The first-order chi connectivity index (χ1) is 5.13. The molecule has 0 amide bonds. The average molecular weight is 153 g/mol. The maximum absolute atomic E-state index is 3.71. The predicted octanol–water partition coefficient (Wildman–Crippen LogP) is 2.81. The summed E-state index contributed by atoms with van der Waals surface area (Å²) in [7, 11) is 2.10. The van der Waals surface area contributed by atoms with E-state index in [0.29, 0.717) is 0 Å². The van der Waals surface area contributed by atoms with Gasteiger partial charge in [-0.05, 0) is 20.3 Å². The predicted molar refractivity (Wildman–Crippen MR) is 51.5 cm³/mol. The van der Waals surface area contributed by atoms with Gasteiger partial charge in [0, 0.05) is 19.3 Å². The summed E-state index contributed by atoms with van der Waals surface area (Å²) >= 11 is 0. The Bertz CT molecular complexity index is 152. The lowest BCUT2D eigenvalue weighted by Gasteiger charge is -2.21. The SMILES string of the molecule is C=CCN(C)C(CC)=C(C)C. The van der Waals surface area contributed by atoms with Crippen LogP contribution in [0, 0.1) is 0 Å². The maximum atomic E-state index is 3.71. The number of nitrogens with zero attached hydrogens (tertiary/aromatic N) is 1. The summed E-state index contributed by atoms with van der Waals surface area (Å²) in [5.41, 5.74) is 2.82. The van der Waals surface area contributed by atoms with Crippen molar-refractivity contribution in [1.82, 2.24) is 4.90 Å². The molecule has 0 aliphatic rings. The Morgan fingerprint density at radius 3 is 2.27 bits per heavy atom. The van der Waals surface area contributed by atoms with Gasteiger partial charge in [-0.25, -0.2) is 0 Å². The van der Waals surface area contributed by atoms with Crippen LogP contribution in [0.3, 0.4) is 0 Å². The molecule has 0 saturated heterocycles. The van der Waals surface area contributed by atoms with Crippen molar-refractivity contribution in [3.05, 3.63) is 23.9 Å². The van der Waals surface area contributed by atoms with Crippen molar-refractivity contribution >= 4 is 0 Å². The molecule has 0 aromatic heterocycles. The number of allylic oxidation sites excluding steroid dienone is 2. The summed E-state index contributed by atoms with van der Waals surface area (Å²) in [5.74, 6) is 0. The van der Waals surface area contributed by atoms with Crippen LogP contribution in [0.15, 0.2) is 23.9 Å². The van der Waals surface area contributed by atoms with E-state index in [1.54, 1.807) is 0 Å². The van der Waals surface area contributed by atoms with E-state index in [2.05, 4.69) is 39.3 Å². The molecule has 64 valence electrons. The lowest BCUT2D eigenvalue weighted by Crippen LogP contribution is -2.18. The quantitative estimate of drug-likeness (QED) is 0.561. The lowest BCUT2D eigenvalue weighted by atomic mass is 10.2.